The lowest BCUT2D eigenvalue weighted by molar-refractivity contribution is 0.0365. The van der Waals surface area contributed by atoms with Gasteiger partial charge in [0, 0.05) is 62.9 Å². The van der Waals surface area contributed by atoms with Gasteiger partial charge in [-0.1, -0.05) is 0 Å². The Kier molecular flexibility index (Phi) is 4.10. The Morgan fingerprint density at radius 1 is 1.00 bits per heavy atom. The normalized spacial score (nSPS) is 26.0. The van der Waals surface area contributed by atoms with Crippen molar-refractivity contribution < 1.29 is 4.74 Å². The highest BCUT2D eigenvalue weighted by Gasteiger charge is 2.29. The molecule has 0 atom stereocenters. The summed E-state index contributed by atoms with van der Waals surface area (Å²) in [6.45, 7) is 6.46. The molecule has 6 heteroatoms. The lowest BCUT2D eigenvalue weighted by Gasteiger charge is -2.33. The summed E-state index contributed by atoms with van der Waals surface area (Å²) >= 11 is 1.60. The van der Waals surface area contributed by atoms with E-state index in [0.29, 0.717) is 5.92 Å². The molecule has 1 aliphatic carbocycles. The summed E-state index contributed by atoms with van der Waals surface area (Å²) in [5, 5.41) is 1.14. The van der Waals surface area contributed by atoms with Gasteiger partial charge in [-0.25, -0.2) is 4.98 Å². The molecular weight excluding hydrogens is 284 g/mol. The first-order valence-corrected chi connectivity index (χ1v) is 9.08. The van der Waals surface area contributed by atoms with E-state index in [9.17, 15) is 0 Å². The molecule has 0 unspecified atom stereocenters. The highest BCUT2D eigenvalue weighted by Crippen LogP contribution is 2.39. The monoisotopic (exact) mass is 308 g/mol. The predicted molar refractivity (Wildman–Crippen MR) is 84.1 cm³/mol. The maximum absolute atomic E-state index is 5.49. The van der Waals surface area contributed by atoms with Gasteiger partial charge in [0.1, 0.15) is 5.82 Å². The number of anilines is 1. The van der Waals surface area contributed by atoms with Crippen LogP contribution in [0.4, 0.5) is 5.13 Å². The van der Waals surface area contributed by atoms with Crippen molar-refractivity contribution in [2.45, 2.75) is 44.1 Å². The summed E-state index contributed by atoms with van der Waals surface area (Å²) in [5.41, 5.74) is 0. The van der Waals surface area contributed by atoms with Gasteiger partial charge in [-0.3, -0.25) is 4.90 Å². The van der Waals surface area contributed by atoms with E-state index in [0.717, 1.165) is 49.8 Å². The zero-order chi connectivity index (χ0) is 14.1. The Morgan fingerprint density at radius 2 is 1.86 bits per heavy atom. The van der Waals surface area contributed by atoms with Crippen LogP contribution in [0, 0.1) is 0 Å². The molecule has 4 rings (SSSR count). The van der Waals surface area contributed by atoms with Crippen molar-refractivity contribution >= 4 is 16.7 Å². The molecular formula is C15H24N4OS. The fraction of sp³-hybridized carbons (Fsp3) is 0.867. The Hall–Kier alpha value is -0.720. The third-order valence-corrected chi connectivity index (χ3v) is 5.67. The van der Waals surface area contributed by atoms with Gasteiger partial charge in [-0.2, -0.15) is 4.37 Å². The van der Waals surface area contributed by atoms with Gasteiger partial charge in [0.2, 0.25) is 5.13 Å². The predicted octanol–water partition coefficient (Wildman–Crippen LogP) is 2.11. The van der Waals surface area contributed by atoms with Crippen LogP contribution in [0.3, 0.4) is 0 Å². The van der Waals surface area contributed by atoms with E-state index in [-0.39, 0.29) is 0 Å². The van der Waals surface area contributed by atoms with E-state index in [1.807, 2.05) is 0 Å². The first kappa shape index (κ1) is 13.9. The summed E-state index contributed by atoms with van der Waals surface area (Å²) in [7, 11) is 0. The summed E-state index contributed by atoms with van der Waals surface area (Å²) in [6, 6.07) is 0.732. The summed E-state index contributed by atoms with van der Waals surface area (Å²) < 4.78 is 10.0. The van der Waals surface area contributed by atoms with Gasteiger partial charge in [0.15, 0.2) is 0 Å². The molecule has 3 fully saturated rings. The zero-order valence-corrected chi connectivity index (χ0v) is 13.4. The average molecular weight is 308 g/mol. The van der Waals surface area contributed by atoms with E-state index in [4.69, 9.17) is 9.72 Å². The Balaban J connectivity index is 1.37. The quantitative estimate of drug-likeness (QED) is 0.855. The Bertz CT molecular complexity index is 470. The van der Waals surface area contributed by atoms with Crippen molar-refractivity contribution in [2.75, 3.05) is 44.3 Å². The number of ether oxygens (including phenoxy) is 1. The Labute approximate surface area is 130 Å². The number of hydrogen-bond acceptors (Lipinski definition) is 6. The molecule has 3 aliphatic rings. The Morgan fingerprint density at radius 3 is 2.67 bits per heavy atom. The largest absolute Gasteiger partial charge is 0.381 e. The first-order valence-electron chi connectivity index (χ1n) is 8.30. The maximum atomic E-state index is 5.49. The third kappa shape index (κ3) is 3.22. The van der Waals surface area contributed by atoms with Crippen LogP contribution >= 0.6 is 11.5 Å². The van der Waals surface area contributed by atoms with Crippen LogP contribution < -0.4 is 4.90 Å². The molecule has 0 amide bonds. The van der Waals surface area contributed by atoms with Crippen molar-refractivity contribution in [3.05, 3.63) is 5.82 Å². The average Bonchev–Trinajstić information content (AvgIpc) is 3.32. The molecule has 0 radical (unpaired) electrons. The molecule has 1 saturated carbocycles. The van der Waals surface area contributed by atoms with Gasteiger partial charge in [0.05, 0.1) is 0 Å². The van der Waals surface area contributed by atoms with Crippen LogP contribution in [0.1, 0.15) is 43.8 Å². The minimum absolute atomic E-state index is 0.667. The standard InChI is InChI=1S/C15H24N4OS/c1-6-18(13-4-10-20-11-5-13)8-9-19(7-1)15-16-14(17-21-15)12-2-3-12/h12-13H,1-11H2. The first-order chi connectivity index (χ1) is 10.4. The van der Waals surface area contributed by atoms with Gasteiger partial charge in [-0.05, 0) is 32.1 Å². The van der Waals surface area contributed by atoms with Crippen LogP contribution in [0.25, 0.3) is 0 Å². The van der Waals surface area contributed by atoms with Crippen molar-refractivity contribution in [2.24, 2.45) is 0 Å². The highest BCUT2D eigenvalue weighted by molar-refractivity contribution is 7.09. The maximum Gasteiger partial charge on any atom is 0.205 e. The van der Waals surface area contributed by atoms with Gasteiger partial charge in [-0.15, -0.1) is 0 Å². The molecule has 1 aromatic rings. The second-order valence-corrected chi connectivity index (χ2v) is 7.16. The van der Waals surface area contributed by atoms with Crippen LogP contribution in [0.15, 0.2) is 0 Å². The lowest BCUT2D eigenvalue weighted by atomic mass is 10.1. The molecule has 0 aromatic carbocycles. The van der Waals surface area contributed by atoms with Crippen molar-refractivity contribution in [1.82, 2.24) is 14.3 Å². The van der Waals surface area contributed by atoms with Gasteiger partial charge >= 0.3 is 0 Å². The highest BCUT2D eigenvalue weighted by atomic mass is 32.1. The summed E-state index contributed by atoms with van der Waals surface area (Å²) in [5.74, 6) is 1.77. The van der Waals surface area contributed by atoms with Gasteiger partial charge < -0.3 is 9.64 Å². The van der Waals surface area contributed by atoms with E-state index in [2.05, 4.69) is 14.2 Å². The summed E-state index contributed by atoms with van der Waals surface area (Å²) in [6.07, 6.45) is 6.20. The fourth-order valence-electron chi connectivity index (χ4n) is 3.41. The minimum Gasteiger partial charge on any atom is -0.381 e. The van der Waals surface area contributed by atoms with Crippen LogP contribution in [0.5, 0.6) is 0 Å². The molecule has 5 nitrogen and oxygen atoms in total. The zero-order valence-electron chi connectivity index (χ0n) is 12.5. The topological polar surface area (TPSA) is 41.5 Å². The number of aromatic nitrogens is 2. The SMILES string of the molecule is C1CN(c2nc(C3CC3)ns2)CCN(C2CCOCC2)C1. The fourth-order valence-corrected chi connectivity index (χ4v) is 4.20. The van der Waals surface area contributed by atoms with Crippen molar-refractivity contribution in [1.29, 1.82) is 0 Å². The number of nitrogens with zero attached hydrogens (tertiary/aromatic N) is 4. The van der Waals surface area contributed by atoms with E-state index < -0.39 is 0 Å². The van der Waals surface area contributed by atoms with Crippen LogP contribution in [-0.2, 0) is 4.74 Å². The molecule has 0 spiro atoms. The minimum atomic E-state index is 0.667. The molecule has 0 N–H and O–H groups in total. The van der Waals surface area contributed by atoms with E-state index in [1.165, 1.54) is 38.6 Å². The number of hydrogen-bond donors (Lipinski definition) is 0. The molecule has 2 saturated heterocycles. The van der Waals surface area contributed by atoms with Crippen molar-refractivity contribution in [3.8, 4) is 0 Å². The second-order valence-electron chi connectivity index (χ2n) is 6.43. The van der Waals surface area contributed by atoms with E-state index >= 15 is 0 Å². The second kappa shape index (κ2) is 6.18. The van der Waals surface area contributed by atoms with Crippen LogP contribution in [0.2, 0.25) is 0 Å². The molecule has 0 bridgehead atoms. The van der Waals surface area contributed by atoms with E-state index in [1.54, 1.807) is 11.5 Å². The smallest absolute Gasteiger partial charge is 0.205 e. The number of rotatable bonds is 3. The molecule has 1 aromatic heterocycles. The van der Waals surface area contributed by atoms with Crippen LogP contribution in [-0.4, -0.2) is 59.7 Å². The molecule has 116 valence electrons. The lowest BCUT2D eigenvalue weighted by Crippen LogP contribution is -2.41. The van der Waals surface area contributed by atoms with Gasteiger partial charge in [0.25, 0.3) is 0 Å². The molecule has 3 heterocycles. The molecule has 2 aliphatic heterocycles. The molecule has 21 heavy (non-hydrogen) atoms. The third-order valence-electron chi connectivity index (χ3n) is 4.88. The van der Waals surface area contributed by atoms with Crippen molar-refractivity contribution in [3.63, 3.8) is 0 Å². The summed E-state index contributed by atoms with van der Waals surface area (Å²) in [4.78, 5) is 9.89.